The molecule has 20 heavy (non-hydrogen) atoms. The summed E-state index contributed by atoms with van der Waals surface area (Å²) >= 11 is 0. The van der Waals surface area contributed by atoms with Crippen molar-refractivity contribution >= 4 is 5.97 Å². The van der Waals surface area contributed by atoms with Gasteiger partial charge >= 0.3 is 5.97 Å². The Kier molecular flexibility index (Phi) is 4.07. The lowest BCUT2D eigenvalue weighted by Gasteiger charge is -2.21. The molecule has 0 atom stereocenters. The molecule has 110 valence electrons. The van der Waals surface area contributed by atoms with Crippen LogP contribution in [0.1, 0.15) is 62.6 Å². The maximum absolute atomic E-state index is 11.1. The predicted octanol–water partition coefficient (Wildman–Crippen LogP) is 3.89. The Morgan fingerprint density at radius 2 is 2.05 bits per heavy atom. The first-order valence-corrected chi connectivity index (χ1v) is 7.36. The number of ether oxygens (including phenoxy) is 1. The fraction of sp³-hybridized carbons (Fsp3) is 0.588. The van der Waals surface area contributed by atoms with E-state index in [1.165, 1.54) is 16.7 Å². The Morgan fingerprint density at radius 1 is 1.40 bits per heavy atom. The van der Waals surface area contributed by atoms with Crippen molar-refractivity contribution in [3.8, 4) is 5.75 Å². The zero-order chi connectivity index (χ0) is 14.9. The van der Waals surface area contributed by atoms with Gasteiger partial charge in [-0.2, -0.15) is 0 Å². The number of methoxy groups -OCH3 is 1. The van der Waals surface area contributed by atoms with Gasteiger partial charge in [-0.1, -0.05) is 32.9 Å². The van der Waals surface area contributed by atoms with E-state index < -0.39 is 5.97 Å². The number of carboxylic acids is 1. The Hall–Kier alpha value is -1.51. The number of aliphatic carboxylic acids is 1. The van der Waals surface area contributed by atoms with Crippen LogP contribution in [0.25, 0.3) is 0 Å². The highest BCUT2D eigenvalue weighted by Gasteiger charge is 2.46. The molecule has 0 amide bonds. The lowest BCUT2D eigenvalue weighted by Crippen LogP contribution is -2.14. The molecule has 1 aromatic rings. The third-order valence-corrected chi connectivity index (χ3v) is 4.36. The smallest absolute Gasteiger partial charge is 0.304 e. The monoisotopic (exact) mass is 276 g/mol. The van der Waals surface area contributed by atoms with E-state index >= 15 is 0 Å². The maximum atomic E-state index is 11.1. The predicted molar refractivity (Wildman–Crippen MR) is 79.6 cm³/mol. The molecule has 0 aliphatic heterocycles. The molecule has 1 fully saturated rings. The molecule has 0 radical (unpaired) electrons. The standard InChI is InChI=1S/C17H24O3/c1-5-12-8-13(17(6-7-17)10-15(18)19)9-14(11(2)3)16(12)20-4/h8-9,11H,5-7,10H2,1-4H3,(H,18,19). The summed E-state index contributed by atoms with van der Waals surface area (Å²) in [6.45, 7) is 6.41. The number of benzene rings is 1. The van der Waals surface area contributed by atoms with Crippen molar-refractivity contribution in [3.05, 3.63) is 28.8 Å². The zero-order valence-electron chi connectivity index (χ0n) is 12.8. The van der Waals surface area contributed by atoms with Gasteiger partial charge in [0, 0.05) is 5.41 Å². The van der Waals surface area contributed by atoms with Crippen molar-refractivity contribution in [1.29, 1.82) is 0 Å². The highest BCUT2D eigenvalue weighted by atomic mass is 16.5. The molecular formula is C17H24O3. The molecule has 0 heterocycles. The summed E-state index contributed by atoms with van der Waals surface area (Å²) < 4.78 is 5.58. The normalized spacial score (nSPS) is 16.2. The fourth-order valence-corrected chi connectivity index (χ4v) is 2.97. The Morgan fingerprint density at radius 3 is 2.45 bits per heavy atom. The van der Waals surface area contributed by atoms with Crippen LogP contribution in [0, 0.1) is 0 Å². The van der Waals surface area contributed by atoms with E-state index in [0.717, 1.165) is 25.0 Å². The van der Waals surface area contributed by atoms with Crippen molar-refractivity contribution in [1.82, 2.24) is 0 Å². The minimum atomic E-state index is -0.706. The van der Waals surface area contributed by atoms with Gasteiger partial charge in [-0.3, -0.25) is 4.79 Å². The number of aryl methyl sites for hydroxylation is 1. The van der Waals surface area contributed by atoms with Gasteiger partial charge in [0.05, 0.1) is 13.5 Å². The van der Waals surface area contributed by atoms with Gasteiger partial charge in [-0.25, -0.2) is 0 Å². The Bertz CT molecular complexity index is 513. The highest BCUT2D eigenvalue weighted by molar-refractivity contribution is 5.70. The van der Waals surface area contributed by atoms with Crippen LogP contribution in [0.4, 0.5) is 0 Å². The molecule has 1 aliphatic rings. The summed E-state index contributed by atoms with van der Waals surface area (Å²) in [5.41, 5.74) is 3.43. The molecule has 0 aromatic heterocycles. The van der Waals surface area contributed by atoms with Gasteiger partial charge in [0.1, 0.15) is 5.75 Å². The summed E-state index contributed by atoms with van der Waals surface area (Å²) in [6, 6.07) is 4.32. The fourth-order valence-electron chi connectivity index (χ4n) is 2.97. The van der Waals surface area contributed by atoms with Crippen LogP contribution in [0.5, 0.6) is 5.75 Å². The van der Waals surface area contributed by atoms with E-state index in [9.17, 15) is 4.79 Å². The molecule has 1 aliphatic carbocycles. The van der Waals surface area contributed by atoms with E-state index in [0.29, 0.717) is 5.92 Å². The van der Waals surface area contributed by atoms with Crippen LogP contribution in [0.3, 0.4) is 0 Å². The lowest BCUT2D eigenvalue weighted by atomic mass is 9.86. The molecule has 3 heteroatoms. The van der Waals surface area contributed by atoms with Crippen LogP contribution >= 0.6 is 0 Å². The summed E-state index contributed by atoms with van der Waals surface area (Å²) in [6.07, 6.45) is 3.10. The molecule has 2 rings (SSSR count). The van der Waals surface area contributed by atoms with Crippen molar-refractivity contribution < 1.29 is 14.6 Å². The van der Waals surface area contributed by atoms with Gasteiger partial charge in [0.15, 0.2) is 0 Å². The average molecular weight is 276 g/mol. The molecule has 1 saturated carbocycles. The van der Waals surface area contributed by atoms with E-state index in [2.05, 4.69) is 32.9 Å². The van der Waals surface area contributed by atoms with E-state index in [1.54, 1.807) is 7.11 Å². The number of rotatable bonds is 6. The third kappa shape index (κ3) is 2.67. The van der Waals surface area contributed by atoms with Crippen molar-refractivity contribution in [2.24, 2.45) is 0 Å². The van der Waals surface area contributed by atoms with E-state index in [-0.39, 0.29) is 11.8 Å². The van der Waals surface area contributed by atoms with E-state index in [4.69, 9.17) is 9.84 Å². The second-order valence-electron chi connectivity index (χ2n) is 6.12. The molecule has 0 bridgehead atoms. The number of hydrogen-bond acceptors (Lipinski definition) is 2. The topological polar surface area (TPSA) is 46.5 Å². The third-order valence-electron chi connectivity index (χ3n) is 4.36. The lowest BCUT2D eigenvalue weighted by molar-refractivity contribution is -0.137. The minimum absolute atomic E-state index is 0.133. The minimum Gasteiger partial charge on any atom is -0.496 e. The van der Waals surface area contributed by atoms with Crippen molar-refractivity contribution in [3.63, 3.8) is 0 Å². The van der Waals surface area contributed by atoms with Crippen molar-refractivity contribution in [2.45, 2.75) is 57.8 Å². The van der Waals surface area contributed by atoms with Gasteiger partial charge in [-0.05, 0) is 41.9 Å². The average Bonchev–Trinajstić information content (AvgIpc) is 3.16. The summed E-state index contributed by atoms with van der Waals surface area (Å²) in [4.78, 5) is 11.1. The van der Waals surface area contributed by atoms with Gasteiger partial charge in [-0.15, -0.1) is 0 Å². The molecule has 0 spiro atoms. The largest absolute Gasteiger partial charge is 0.496 e. The van der Waals surface area contributed by atoms with Crippen LogP contribution in [-0.4, -0.2) is 18.2 Å². The SMILES string of the molecule is CCc1cc(C2(CC(=O)O)CC2)cc(C(C)C)c1OC. The first-order chi connectivity index (χ1) is 9.43. The summed E-state index contributed by atoms with van der Waals surface area (Å²) in [5.74, 6) is 0.635. The second kappa shape index (κ2) is 5.47. The summed E-state index contributed by atoms with van der Waals surface area (Å²) in [5, 5.41) is 9.13. The highest BCUT2D eigenvalue weighted by Crippen LogP contribution is 2.52. The molecule has 1 aromatic carbocycles. The Balaban J connectivity index is 2.50. The number of hydrogen-bond donors (Lipinski definition) is 1. The van der Waals surface area contributed by atoms with Gasteiger partial charge in [0.2, 0.25) is 0 Å². The number of carboxylic acid groups (broad SMARTS) is 1. The molecule has 0 unspecified atom stereocenters. The van der Waals surface area contributed by atoms with E-state index in [1.807, 2.05) is 0 Å². The van der Waals surface area contributed by atoms with Crippen LogP contribution in [0.15, 0.2) is 12.1 Å². The Labute approximate surface area is 121 Å². The molecule has 0 saturated heterocycles. The first-order valence-electron chi connectivity index (χ1n) is 7.36. The van der Waals surface area contributed by atoms with Gasteiger partial charge < -0.3 is 9.84 Å². The van der Waals surface area contributed by atoms with Crippen LogP contribution in [-0.2, 0) is 16.6 Å². The molecule has 1 N–H and O–H groups in total. The van der Waals surface area contributed by atoms with Crippen LogP contribution in [0.2, 0.25) is 0 Å². The quantitative estimate of drug-likeness (QED) is 0.857. The number of carbonyl (C=O) groups is 1. The van der Waals surface area contributed by atoms with Crippen LogP contribution < -0.4 is 4.74 Å². The molecular weight excluding hydrogens is 252 g/mol. The first kappa shape index (κ1) is 14.9. The maximum Gasteiger partial charge on any atom is 0.304 e. The molecule has 3 nitrogen and oxygen atoms in total. The zero-order valence-corrected chi connectivity index (χ0v) is 12.8. The summed E-state index contributed by atoms with van der Waals surface area (Å²) in [7, 11) is 1.71. The second-order valence-corrected chi connectivity index (χ2v) is 6.12. The van der Waals surface area contributed by atoms with Gasteiger partial charge in [0.25, 0.3) is 0 Å². The van der Waals surface area contributed by atoms with Crippen molar-refractivity contribution in [2.75, 3.05) is 7.11 Å².